The molecule has 3 heterocycles. The van der Waals surface area contributed by atoms with E-state index in [0.717, 1.165) is 36.8 Å². The summed E-state index contributed by atoms with van der Waals surface area (Å²) in [6, 6.07) is 6.32. The summed E-state index contributed by atoms with van der Waals surface area (Å²) >= 11 is 0. The molecule has 4 rings (SSSR count). The van der Waals surface area contributed by atoms with E-state index >= 15 is 0 Å². The average molecular weight is 327 g/mol. The van der Waals surface area contributed by atoms with Crippen LogP contribution in [-0.2, 0) is 4.74 Å². The number of aromatic nitrogens is 4. The number of nitrogens with zero attached hydrogens (tertiary/aromatic N) is 4. The Morgan fingerprint density at radius 1 is 1.17 bits per heavy atom. The molecular formula is C18H25N5O. The standard InChI is InChI=1S/C18H25N5O/c1-14-7-11-23(22-14)17-6-5-16(20-21-17)19-15-8-12-24-18(13-15)9-3-2-4-10-18/h5-7,11,15H,2-4,8-10,12-13H2,1H3,(H,19,20). The molecule has 24 heavy (non-hydrogen) atoms. The van der Waals surface area contributed by atoms with Crippen LogP contribution < -0.4 is 5.32 Å². The first-order valence-electron chi connectivity index (χ1n) is 8.99. The van der Waals surface area contributed by atoms with Crippen molar-refractivity contribution in [1.29, 1.82) is 0 Å². The topological polar surface area (TPSA) is 64.9 Å². The van der Waals surface area contributed by atoms with Crippen molar-refractivity contribution in [2.24, 2.45) is 0 Å². The van der Waals surface area contributed by atoms with E-state index in [4.69, 9.17) is 4.74 Å². The predicted octanol–water partition coefficient (Wildman–Crippen LogP) is 3.26. The van der Waals surface area contributed by atoms with Crippen LogP contribution in [0.1, 0.15) is 50.6 Å². The van der Waals surface area contributed by atoms with Crippen molar-refractivity contribution in [3.05, 3.63) is 30.1 Å². The van der Waals surface area contributed by atoms with Crippen molar-refractivity contribution in [2.45, 2.75) is 63.5 Å². The van der Waals surface area contributed by atoms with Crippen molar-refractivity contribution in [3.8, 4) is 5.82 Å². The fraction of sp³-hybridized carbons (Fsp3) is 0.611. The highest BCUT2D eigenvalue weighted by atomic mass is 16.5. The van der Waals surface area contributed by atoms with E-state index in [-0.39, 0.29) is 5.60 Å². The second-order valence-corrected chi connectivity index (χ2v) is 7.10. The molecule has 1 N–H and O–H groups in total. The number of anilines is 1. The lowest BCUT2D eigenvalue weighted by Crippen LogP contribution is -2.45. The Balaban J connectivity index is 1.41. The summed E-state index contributed by atoms with van der Waals surface area (Å²) in [5.41, 5.74) is 1.08. The third kappa shape index (κ3) is 3.29. The summed E-state index contributed by atoms with van der Waals surface area (Å²) in [5.74, 6) is 1.57. The van der Waals surface area contributed by atoms with Gasteiger partial charge in [0.2, 0.25) is 0 Å². The van der Waals surface area contributed by atoms with Gasteiger partial charge in [-0.2, -0.15) is 5.10 Å². The van der Waals surface area contributed by atoms with Gasteiger partial charge in [-0.15, -0.1) is 10.2 Å². The Morgan fingerprint density at radius 3 is 2.75 bits per heavy atom. The molecule has 2 aromatic heterocycles. The van der Waals surface area contributed by atoms with Crippen molar-refractivity contribution in [3.63, 3.8) is 0 Å². The molecule has 1 unspecified atom stereocenters. The van der Waals surface area contributed by atoms with E-state index in [1.54, 1.807) is 4.68 Å². The summed E-state index contributed by atoms with van der Waals surface area (Å²) in [6.07, 6.45) is 10.4. The summed E-state index contributed by atoms with van der Waals surface area (Å²) in [6.45, 7) is 2.81. The number of aryl methyl sites for hydroxylation is 1. The van der Waals surface area contributed by atoms with Gasteiger partial charge < -0.3 is 10.1 Å². The lowest BCUT2D eigenvalue weighted by atomic mass is 9.78. The summed E-state index contributed by atoms with van der Waals surface area (Å²) in [7, 11) is 0. The highest BCUT2D eigenvalue weighted by Crippen LogP contribution is 2.39. The number of hydrogen-bond donors (Lipinski definition) is 1. The van der Waals surface area contributed by atoms with Crippen molar-refractivity contribution < 1.29 is 4.74 Å². The molecular weight excluding hydrogens is 302 g/mol. The molecule has 1 aliphatic carbocycles. The Hall–Kier alpha value is -1.95. The van der Waals surface area contributed by atoms with Crippen LogP contribution in [0, 0.1) is 6.92 Å². The lowest BCUT2D eigenvalue weighted by Gasteiger charge is -2.43. The van der Waals surface area contributed by atoms with Gasteiger partial charge in [0.05, 0.1) is 11.3 Å². The second-order valence-electron chi connectivity index (χ2n) is 7.10. The van der Waals surface area contributed by atoms with Crippen molar-refractivity contribution in [1.82, 2.24) is 20.0 Å². The quantitative estimate of drug-likeness (QED) is 0.937. The SMILES string of the molecule is Cc1ccn(-c2ccc(NC3CCOC4(CCCCC4)C3)nn2)n1. The van der Waals surface area contributed by atoms with Crippen LogP contribution in [0.2, 0.25) is 0 Å². The first kappa shape index (κ1) is 15.6. The van der Waals surface area contributed by atoms with Gasteiger partial charge in [0.15, 0.2) is 5.82 Å². The zero-order valence-corrected chi connectivity index (χ0v) is 14.2. The Kier molecular flexibility index (Phi) is 4.22. The van der Waals surface area contributed by atoms with Gasteiger partial charge in [0.1, 0.15) is 5.82 Å². The fourth-order valence-corrected chi connectivity index (χ4v) is 3.97. The maximum absolute atomic E-state index is 6.17. The predicted molar refractivity (Wildman–Crippen MR) is 92.3 cm³/mol. The number of rotatable bonds is 3. The van der Waals surface area contributed by atoms with Crippen LogP contribution in [0.3, 0.4) is 0 Å². The monoisotopic (exact) mass is 327 g/mol. The van der Waals surface area contributed by atoms with Crippen LogP contribution in [-0.4, -0.2) is 38.2 Å². The molecule has 1 saturated carbocycles. The largest absolute Gasteiger partial charge is 0.375 e. The molecule has 0 amide bonds. The molecule has 1 spiro atoms. The minimum atomic E-state index is 0.105. The van der Waals surface area contributed by atoms with Gasteiger partial charge in [-0.1, -0.05) is 19.3 Å². The maximum Gasteiger partial charge on any atom is 0.175 e. The summed E-state index contributed by atoms with van der Waals surface area (Å²) < 4.78 is 7.91. The fourth-order valence-electron chi connectivity index (χ4n) is 3.97. The molecule has 1 atom stereocenters. The van der Waals surface area contributed by atoms with Crippen LogP contribution in [0.15, 0.2) is 24.4 Å². The Labute approximate surface area is 142 Å². The number of nitrogens with one attached hydrogen (secondary N) is 1. The van der Waals surface area contributed by atoms with E-state index in [1.807, 2.05) is 31.3 Å². The summed E-state index contributed by atoms with van der Waals surface area (Å²) in [4.78, 5) is 0. The van der Waals surface area contributed by atoms with Gasteiger partial charge in [-0.3, -0.25) is 0 Å². The molecule has 1 aliphatic heterocycles. The molecule has 6 heteroatoms. The van der Waals surface area contributed by atoms with Crippen LogP contribution in [0.5, 0.6) is 0 Å². The molecule has 6 nitrogen and oxygen atoms in total. The molecule has 0 bridgehead atoms. The Morgan fingerprint density at radius 2 is 2.04 bits per heavy atom. The molecule has 1 saturated heterocycles. The Bertz CT molecular complexity index is 669. The molecule has 2 fully saturated rings. The van der Waals surface area contributed by atoms with Gasteiger partial charge in [0, 0.05) is 18.8 Å². The van der Waals surface area contributed by atoms with Gasteiger partial charge in [0.25, 0.3) is 0 Å². The van der Waals surface area contributed by atoms with Crippen LogP contribution in [0.4, 0.5) is 5.82 Å². The molecule has 0 aromatic carbocycles. The minimum absolute atomic E-state index is 0.105. The zero-order valence-electron chi connectivity index (χ0n) is 14.2. The van der Waals surface area contributed by atoms with E-state index in [0.29, 0.717) is 6.04 Å². The first-order valence-corrected chi connectivity index (χ1v) is 8.99. The first-order chi connectivity index (χ1) is 11.7. The number of ether oxygens (including phenoxy) is 1. The van der Waals surface area contributed by atoms with Crippen LogP contribution in [0.25, 0.3) is 5.82 Å². The lowest BCUT2D eigenvalue weighted by molar-refractivity contribution is -0.103. The number of hydrogen-bond acceptors (Lipinski definition) is 5. The summed E-state index contributed by atoms with van der Waals surface area (Å²) in [5, 5.41) is 16.5. The molecule has 2 aromatic rings. The third-order valence-corrected chi connectivity index (χ3v) is 5.22. The van der Waals surface area contributed by atoms with E-state index < -0.39 is 0 Å². The highest BCUT2D eigenvalue weighted by Gasteiger charge is 2.38. The van der Waals surface area contributed by atoms with Crippen LogP contribution >= 0.6 is 0 Å². The molecule has 0 radical (unpaired) electrons. The van der Waals surface area contributed by atoms with Gasteiger partial charge in [-0.25, -0.2) is 4.68 Å². The third-order valence-electron chi connectivity index (χ3n) is 5.22. The van der Waals surface area contributed by atoms with E-state index in [9.17, 15) is 0 Å². The highest BCUT2D eigenvalue weighted by molar-refractivity contribution is 5.37. The van der Waals surface area contributed by atoms with Crippen molar-refractivity contribution in [2.75, 3.05) is 11.9 Å². The van der Waals surface area contributed by atoms with Crippen molar-refractivity contribution >= 4 is 5.82 Å². The normalized spacial score (nSPS) is 23.3. The zero-order chi connectivity index (χ0) is 16.4. The van der Waals surface area contributed by atoms with E-state index in [2.05, 4.69) is 20.6 Å². The minimum Gasteiger partial charge on any atom is -0.375 e. The van der Waals surface area contributed by atoms with E-state index in [1.165, 1.54) is 32.1 Å². The van der Waals surface area contributed by atoms with Gasteiger partial charge in [-0.05, 0) is 50.8 Å². The smallest absolute Gasteiger partial charge is 0.175 e. The maximum atomic E-state index is 6.17. The van der Waals surface area contributed by atoms with Gasteiger partial charge >= 0.3 is 0 Å². The average Bonchev–Trinajstić information content (AvgIpc) is 3.03. The molecule has 128 valence electrons. The molecule has 2 aliphatic rings. The second kappa shape index (κ2) is 6.51.